The number of likely N-dealkylation sites (tertiary alicyclic amines) is 1. The number of nitrogens with one attached hydrogen (secondary N) is 2. The van der Waals surface area contributed by atoms with E-state index in [1.54, 1.807) is 23.3 Å². The minimum Gasteiger partial charge on any atom is -0.450 e. The zero-order valence-electron chi connectivity index (χ0n) is 16.4. The molecule has 0 spiro atoms. The van der Waals surface area contributed by atoms with Crippen molar-refractivity contribution in [3.05, 3.63) is 41.4 Å². The fourth-order valence-electron chi connectivity index (χ4n) is 3.08. The molecule has 1 saturated heterocycles. The lowest BCUT2D eigenvalue weighted by atomic mass is 10.1. The fourth-order valence-corrected chi connectivity index (χ4v) is 3.91. The summed E-state index contributed by atoms with van der Waals surface area (Å²) in [5, 5.41) is 9.86. The number of piperidine rings is 1. The molecule has 0 atom stereocenters. The van der Waals surface area contributed by atoms with Crippen LogP contribution in [-0.4, -0.2) is 54.7 Å². The molecule has 150 valence electrons. The van der Waals surface area contributed by atoms with Crippen LogP contribution in [0.5, 0.6) is 0 Å². The molecule has 3 rings (SSSR count). The SMILES string of the molecule is CCOC(=O)N1CCC(NC(=NC)NCc2csc(-c3ccccc3)n2)CC1. The van der Waals surface area contributed by atoms with E-state index in [0.29, 0.717) is 26.2 Å². The minimum absolute atomic E-state index is 0.221. The standard InChI is InChI=1S/C20H27N5O2S/c1-3-27-20(26)25-11-9-16(10-12-25)24-19(21-2)22-13-17-14-28-18(23-17)15-7-5-4-6-8-15/h4-8,14,16H,3,9-13H2,1-2H3,(H2,21,22,24). The summed E-state index contributed by atoms with van der Waals surface area (Å²) in [5.74, 6) is 0.754. The van der Waals surface area contributed by atoms with Gasteiger partial charge in [-0.15, -0.1) is 11.3 Å². The molecule has 0 bridgehead atoms. The fraction of sp³-hybridized carbons (Fsp3) is 0.450. The van der Waals surface area contributed by atoms with E-state index in [2.05, 4.69) is 33.1 Å². The zero-order valence-corrected chi connectivity index (χ0v) is 17.2. The number of thiazole rings is 1. The molecule has 1 aliphatic rings. The van der Waals surface area contributed by atoms with Crippen molar-refractivity contribution in [2.75, 3.05) is 26.7 Å². The van der Waals surface area contributed by atoms with Crippen LogP contribution in [0.3, 0.4) is 0 Å². The van der Waals surface area contributed by atoms with Gasteiger partial charge in [0.15, 0.2) is 5.96 Å². The monoisotopic (exact) mass is 401 g/mol. The van der Waals surface area contributed by atoms with Gasteiger partial charge in [0.1, 0.15) is 5.01 Å². The second-order valence-electron chi connectivity index (χ2n) is 6.54. The van der Waals surface area contributed by atoms with Crippen LogP contribution in [0.1, 0.15) is 25.5 Å². The van der Waals surface area contributed by atoms with Gasteiger partial charge >= 0.3 is 6.09 Å². The van der Waals surface area contributed by atoms with Crippen molar-refractivity contribution in [2.24, 2.45) is 4.99 Å². The summed E-state index contributed by atoms with van der Waals surface area (Å²) in [5.41, 5.74) is 2.12. The van der Waals surface area contributed by atoms with E-state index in [9.17, 15) is 4.79 Å². The van der Waals surface area contributed by atoms with Crippen molar-refractivity contribution in [3.8, 4) is 10.6 Å². The van der Waals surface area contributed by atoms with Gasteiger partial charge < -0.3 is 20.3 Å². The normalized spacial score (nSPS) is 15.4. The van der Waals surface area contributed by atoms with Crippen molar-refractivity contribution in [1.29, 1.82) is 0 Å². The first-order chi connectivity index (χ1) is 13.7. The number of carbonyl (C=O) groups is 1. The van der Waals surface area contributed by atoms with Crippen LogP contribution in [0.15, 0.2) is 40.7 Å². The predicted molar refractivity (Wildman–Crippen MR) is 113 cm³/mol. The highest BCUT2D eigenvalue weighted by atomic mass is 32.1. The predicted octanol–water partition coefficient (Wildman–Crippen LogP) is 3.10. The van der Waals surface area contributed by atoms with Gasteiger partial charge in [0.2, 0.25) is 0 Å². The Morgan fingerprint density at radius 2 is 2.07 bits per heavy atom. The molecule has 1 aliphatic heterocycles. The van der Waals surface area contributed by atoms with E-state index in [1.165, 1.54) is 0 Å². The molecule has 2 N–H and O–H groups in total. The molecular weight excluding hydrogens is 374 g/mol. The zero-order chi connectivity index (χ0) is 19.8. The maximum atomic E-state index is 11.8. The number of aromatic nitrogens is 1. The number of hydrogen-bond acceptors (Lipinski definition) is 5. The number of amides is 1. The highest BCUT2D eigenvalue weighted by Gasteiger charge is 2.24. The van der Waals surface area contributed by atoms with Gasteiger partial charge in [-0.3, -0.25) is 4.99 Å². The smallest absolute Gasteiger partial charge is 0.409 e. The first kappa shape index (κ1) is 20.1. The van der Waals surface area contributed by atoms with Crippen molar-refractivity contribution in [2.45, 2.75) is 32.4 Å². The molecule has 0 unspecified atom stereocenters. The third kappa shape index (κ3) is 5.45. The molecule has 1 amide bonds. The molecule has 0 aliphatic carbocycles. The maximum Gasteiger partial charge on any atom is 0.409 e. The van der Waals surface area contributed by atoms with Crippen LogP contribution in [0.25, 0.3) is 10.6 Å². The largest absolute Gasteiger partial charge is 0.450 e. The van der Waals surface area contributed by atoms with Gasteiger partial charge in [0, 0.05) is 37.1 Å². The lowest BCUT2D eigenvalue weighted by Crippen LogP contribution is -2.49. The number of ether oxygens (including phenoxy) is 1. The molecule has 2 aromatic rings. The van der Waals surface area contributed by atoms with Gasteiger partial charge in [-0.05, 0) is 19.8 Å². The summed E-state index contributed by atoms with van der Waals surface area (Å²) in [4.78, 5) is 22.6. The Labute approximate surface area is 169 Å². The first-order valence-electron chi connectivity index (χ1n) is 9.58. The lowest BCUT2D eigenvalue weighted by Gasteiger charge is -2.32. The highest BCUT2D eigenvalue weighted by Crippen LogP contribution is 2.23. The molecular formula is C20H27N5O2S. The molecule has 7 nitrogen and oxygen atoms in total. The van der Waals surface area contributed by atoms with Crippen LogP contribution in [0, 0.1) is 0 Å². The Kier molecular flexibility index (Phi) is 7.25. The number of nitrogens with zero attached hydrogens (tertiary/aromatic N) is 3. The van der Waals surface area contributed by atoms with Gasteiger partial charge in [0.05, 0.1) is 18.8 Å². The Bertz CT molecular complexity index is 785. The van der Waals surface area contributed by atoms with Gasteiger partial charge in [-0.25, -0.2) is 9.78 Å². The molecule has 8 heteroatoms. The van der Waals surface area contributed by atoms with E-state index >= 15 is 0 Å². The van der Waals surface area contributed by atoms with Crippen LogP contribution >= 0.6 is 11.3 Å². The average molecular weight is 402 g/mol. The summed E-state index contributed by atoms with van der Waals surface area (Å²) in [6, 6.07) is 10.5. The summed E-state index contributed by atoms with van der Waals surface area (Å²) in [6.45, 7) is 4.24. The molecule has 0 saturated carbocycles. The second-order valence-corrected chi connectivity index (χ2v) is 7.40. The number of aliphatic imine (C=N–C) groups is 1. The van der Waals surface area contributed by atoms with Crippen molar-refractivity contribution >= 4 is 23.4 Å². The third-order valence-corrected chi connectivity index (χ3v) is 5.54. The summed E-state index contributed by atoms with van der Waals surface area (Å²) in [6.07, 6.45) is 1.52. The van der Waals surface area contributed by atoms with Crippen LogP contribution in [0.2, 0.25) is 0 Å². The van der Waals surface area contributed by atoms with Gasteiger partial charge in [0.25, 0.3) is 0 Å². The van der Waals surface area contributed by atoms with E-state index in [1.807, 2.05) is 25.1 Å². The van der Waals surface area contributed by atoms with Crippen LogP contribution < -0.4 is 10.6 Å². The molecule has 1 aromatic heterocycles. The number of carbonyl (C=O) groups excluding carboxylic acids is 1. The quantitative estimate of drug-likeness (QED) is 0.595. The van der Waals surface area contributed by atoms with Crippen molar-refractivity contribution < 1.29 is 9.53 Å². The molecule has 0 radical (unpaired) electrons. The third-order valence-electron chi connectivity index (χ3n) is 4.59. The second kappa shape index (κ2) is 10.1. The maximum absolute atomic E-state index is 11.8. The van der Waals surface area contributed by atoms with E-state index in [0.717, 1.165) is 35.1 Å². The van der Waals surface area contributed by atoms with E-state index in [4.69, 9.17) is 9.72 Å². The Morgan fingerprint density at radius 1 is 1.32 bits per heavy atom. The van der Waals surface area contributed by atoms with Crippen molar-refractivity contribution in [3.63, 3.8) is 0 Å². The molecule has 1 fully saturated rings. The molecule has 28 heavy (non-hydrogen) atoms. The number of hydrogen-bond donors (Lipinski definition) is 2. The molecule has 1 aromatic carbocycles. The highest BCUT2D eigenvalue weighted by molar-refractivity contribution is 7.13. The Balaban J connectivity index is 1.46. The van der Waals surface area contributed by atoms with Crippen molar-refractivity contribution in [1.82, 2.24) is 20.5 Å². The van der Waals surface area contributed by atoms with E-state index in [-0.39, 0.29) is 12.1 Å². The summed E-state index contributed by atoms with van der Waals surface area (Å²) in [7, 11) is 1.76. The Hall–Kier alpha value is -2.61. The number of benzene rings is 1. The summed E-state index contributed by atoms with van der Waals surface area (Å²) < 4.78 is 5.06. The number of guanidine groups is 1. The van der Waals surface area contributed by atoms with Gasteiger partial charge in [-0.1, -0.05) is 30.3 Å². The van der Waals surface area contributed by atoms with Gasteiger partial charge in [-0.2, -0.15) is 0 Å². The van der Waals surface area contributed by atoms with Crippen LogP contribution in [0.4, 0.5) is 4.79 Å². The lowest BCUT2D eigenvalue weighted by molar-refractivity contribution is 0.0963. The van der Waals surface area contributed by atoms with E-state index < -0.39 is 0 Å². The minimum atomic E-state index is -0.221. The first-order valence-corrected chi connectivity index (χ1v) is 10.5. The average Bonchev–Trinajstić information content (AvgIpc) is 3.21. The summed E-state index contributed by atoms with van der Waals surface area (Å²) >= 11 is 1.64. The Morgan fingerprint density at radius 3 is 2.75 bits per heavy atom. The number of rotatable bonds is 5. The molecule has 2 heterocycles. The topological polar surface area (TPSA) is 78.8 Å². The van der Waals surface area contributed by atoms with Crippen LogP contribution in [-0.2, 0) is 11.3 Å².